The fourth-order valence-electron chi connectivity index (χ4n) is 4.52. The van der Waals surface area contributed by atoms with Crippen LogP contribution >= 0.6 is 0 Å². The van der Waals surface area contributed by atoms with E-state index < -0.39 is 59.0 Å². The molecule has 7 nitrogen and oxygen atoms in total. The first-order chi connectivity index (χ1) is 17.9. The lowest BCUT2D eigenvalue weighted by molar-refractivity contribution is -0.0523. The van der Waals surface area contributed by atoms with Crippen molar-refractivity contribution in [3.8, 4) is 0 Å². The molecule has 0 saturated carbocycles. The van der Waals surface area contributed by atoms with Crippen molar-refractivity contribution < 1.29 is 39.7 Å². The first-order valence-corrected chi connectivity index (χ1v) is 15.7. The molecule has 0 spiro atoms. The van der Waals surface area contributed by atoms with E-state index in [9.17, 15) is 26.4 Å². The largest absolute Gasteiger partial charge is 0.534 e. The number of carbonyl (C=O) groups excluding carboxylic acids is 1. The number of rotatable bonds is 7. The average Bonchev–Trinajstić information content (AvgIpc) is 3.20. The molecule has 1 aliphatic heterocycles. The summed E-state index contributed by atoms with van der Waals surface area (Å²) in [7, 11) is -8.99. The third-order valence-electron chi connectivity index (χ3n) is 6.12. The van der Waals surface area contributed by atoms with E-state index in [-0.39, 0.29) is 6.61 Å². The maximum atomic E-state index is 13.0. The zero-order valence-corrected chi connectivity index (χ0v) is 24.6. The van der Waals surface area contributed by atoms with E-state index in [1.165, 1.54) is 6.08 Å². The van der Waals surface area contributed by atoms with Crippen molar-refractivity contribution in [1.82, 2.24) is 4.90 Å². The molecule has 0 radical (unpaired) electrons. The molecular formula is C27H34F3NO6SSi. The van der Waals surface area contributed by atoms with E-state index in [2.05, 4.69) is 25.0 Å². The van der Waals surface area contributed by atoms with Gasteiger partial charge in [-0.15, -0.1) is 0 Å². The first kappa shape index (κ1) is 30.7. The highest BCUT2D eigenvalue weighted by Gasteiger charge is 2.52. The Kier molecular flexibility index (Phi) is 8.64. The second-order valence-corrected chi connectivity index (χ2v) is 17.1. The Morgan fingerprint density at radius 1 is 0.923 bits per heavy atom. The summed E-state index contributed by atoms with van der Waals surface area (Å²) in [6, 6.07) is 18.4. The van der Waals surface area contributed by atoms with Crippen LogP contribution in [0.5, 0.6) is 0 Å². The molecule has 0 fully saturated rings. The van der Waals surface area contributed by atoms with Gasteiger partial charge in [0, 0.05) is 0 Å². The Morgan fingerprint density at radius 3 is 1.82 bits per heavy atom. The van der Waals surface area contributed by atoms with Crippen LogP contribution in [-0.4, -0.2) is 58.0 Å². The molecule has 39 heavy (non-hydrogen) atoms. The zero-order chi connectivity index (χ0) is 29.3. The number of hydrogen-bond donors (Lipinski definition) is 0. The van der Waals surface area contributed by atoms with Crippen molar-refractivity contribution >= 4 is 34.9 Å². The van der Waals surface area contributed by atoms with Gasteiger partial charge < -0.3 is 13.3 Å². The Labute approximate surface area is 228 Å². The molecule has 1 heterocycles. The molecule has 1 amide bonds. The third kappa shape index (κ3) is 6.85. The summed E-state index contributed by atoms with van der Waals surface area (Å²) in [5.74, 6) is -0.533. The Hall–Kier alpha value is -2.83. The van der Waals surface area contributed by atoms with Crippen molar-refractivity contribution in [2.24, 2.45) is 0 Å². The lowest BCUT2D eigenvalue weighted by atomic mass is 10.2. The molecule has 1 atom stereocenters. The van der Waals surface area contributed by atoms with Crippen LogP contribution < -0.4 is 10.4 Å². The van der Waals surface area contributed by atoms with Crippen molar-refractivity contribution in [1.29, 1.82) is 0 Å². The molecule has 0 aromatic heterocycles. The fraction of sp³-hybridized carbons (Fsp3) is 0.444. The van der Waals surface area contributed by atoms with Gasteiger partial charge in [-0.3, -0.25) is 4.90 Å². The summed E-state index contributed by atoms with van der Waals surface area (Å²) in [6.45, 7) is 10.4. The Bertz CT molecular complexity index is 1250. The number of amides is 1. The predicted octanol–water partition coefficient (Wildman–Crippen LogP) is 4.93. The topological polar surface area (TPSA) is 82.1 Å². The summed E-state index contributed by atoms with van der Waals surface area (Å²) >= 11 is 0. The van der Waals surface area contributed by atoms with E-state index >= 15 is 0 Å². The first-order valence-electron chi connectivity index (χ1n) is 12.3. The number of benzene rings is 2. The zero-order valence-electron chi connectivity index (χ0n) is 22.8. The Balaban J connectivity index is 2.05. The molecule has 2 aromatic carbocycles. The molecule has 0 aliphatic carbocycles. The van der Waals surface area contributed by atoms with Crippen molar-refractivity contribution in [3.63, 3.8) is 0 Å². The van der Waals surface area contributed by atoms with Gasteiger partial charge in [0.05, 0.1) is 19.2 Å². The van der Waals surface area contributed by atoms with Crippen LogP contribution in [0.15, 0.2) is 72.5 Å². The van der Waals surface area contributed by atoms with E-state index in [1.807, 2.05) is 60.7 Å². The highest BCUT2D eigenvalue weighted by atomic mass is 32.2. The van der Waals surface area contributed by atoms with Crippen LogP contribution in [0.25, 0.3) is 0 Å². The molecule has 0 saturated heterocycles. The minimum Gasteiger partial charge on any atom is -0.444 e. The van der Waals surface area contributed by atoms with Gasteiger partial charge in [-0.1, -0.05) is 81.4 Å². The maximum Gasteiger partial charge on any atom is 0.534 e. The summed E-state index contributed by atoms with van der Waals surface area (Å²) in [5.41, 5.74) is -6.52. The molecule has 1 aliphatic rings. The number of alkyl halides is 3. The van der Waals surface area contributed by atoms with Gasteiger partial charge >= 0.3 is 21.7 Å². The van der Waals surface area contributed by atoms with Gasteiger partial charge in [0.25, 0.3) is 8.32 Å². The summed E-state index contributed by atoms with van der Waals surface area (Å²) < 4.78 is 79.1. The van der Waals surface area contributed by atoms with Crippen LogP contribution in [0.1, 0.15) is 41.5 Å². The number of hydrogen-bond acceptors (Lipinski definition) is 6. The lowest BCUT2D eigenvalue weighted by Crippen LogP contribution is -2.67. The maximum absolute atomic E-state index is 13.0. The standard InChI is InChI=1S/C27H34F3NO6SSi/c1-25(2,3)36-24(32)31-18-21(37-38(33,34)27(28,29)30)17-20(31)19-35-39(26(4,5)6,22-13-9-7-10-14-22)23-15-11-8-12-16-23/h7-17,20H,18-19H2,1-6H3/t20-/m1/s1. The van der Waals surface area contributed by atoms with Gasteiger partial charge in [0.2, 0.25) is 0 Å². The van der Waals surface area contributed by atoms with Crippen LogP contribution in [0.2, 0.25) is 5.04 Å². The second kappa shape index (κ2) is 11.0. The van der Waals surface area contributed by atoms with Gasteiger partial charge in [0.1, 0.15) is 11.4 Å². The van der Waals surface area contributed by atoms with Crippen molar-refractivity contribution in [2.75, 3.05) is 13.2 Å². The number of ether oxygens (including phenoxy) is 1. The highest BCUT2D eigenvalue weighted by Crippen LogP contribution is 2.37. The second-order valence-electron chi connectivity index (χ2n) is 11.3. The fourth-order valence-corrected chi connectivity index (χ4v) is 9.58. The monoisotopic (exact) mass is 585 g/mol. The van der Waals surface area contributed by atoms with Gasteiger partial charge in [-0.2, -0.15) is 21.6 Å². The molecular weight excluding hydrogens is 551 g/mol. The van der Waals surface area contributed by atoms with Crippen molar-refractivity contribution in [3.05, 3.63) is 72.5 Å². The van der Waals surface area contributed by atoms with E-state index in [1.54, 1.807) is 20.8 Å². The van der Waals surface area contributed by atoms with Gasteiger partial charge in [-0.05, 0) is 42.3 Å². The quantitative estimate of drug-likeness (QED) is 0.260. The smallest absolute Gasteiger partial charge is 0.444 e. The molecule has 0 unspecified atom stereocenters. The lowest BCUT2D eigenvalue weighted by Gasteiger charge is -2.44. The Morgan fingerprint density at radius 2 is 1.41 bits per heavy atom. The molecule has 0 bridgehead atoms. The van der Waals surface area contributed by atoms with Gasteiger partial charge in [0.15, 0.2) is 0 Å². The highest BCUT2D eigenvalue weighted by molar-refractivity contribution is 7.87. The van der Waals surface area contributed by atoms with E-state index in [0.29, 0.717) is 0 Å². The summed E-state index contributed by atoms with van der Waals surface area (Å²) in [4.78, 5) is 14.2. The SMILES string of the molecule is CC(C)(C)OC(=O)N1CC(OS(=O)(=O)C(F)(F)F)=C[C@@H]1CO[Si](c1ccccc1)(c1ccccc1)C(C)(C)C. The predicted molar refractivity (Wildman–Crippen MR) is 144 cm³/mol. The molecule has 0 N–H and O–H groups in total. The van der Waals surface area contributed by atoms with E-state index in [4.69, 9.17) is 9.16 Å². The average molecular weight is 586 g/mol. The van der Waals surface area contributed by atoms with Crippen LogP contribution in [-0.2, 0) is 23.5 Å². The minimum absolute atomic E-state index is 0.133. The third-order valence-corrected chi connectivity index (χ3v) is 12.1. The normalized spacial score (nSPS) is 17.1. The molecule has 2 aromatic rings. The number of nitrogens with zero attached hydrogens (tertiary/aromatic N) is 1. The van der Waals surface area contributed by atoms with Gasteiger partial charge in [-0.25, -0.2) is 4.79 Å². The van der Waals surface area contributed by atoms with E-state index in [0.717, 1.165) is 15.3 Å². The summed E-state index contributed by atoms with van der Waals surface area (Å²) in [5, 5.41) is 1.52. The van der Waals surface area contributed by atoms with Crippen LogP contribution in [0.4, 0.5) is 18.0 Å². The summed E-state index contributed by atoms with van der Waals surface area (Å²) in [6.07, 6.45) is 0.336. The molecule has 12 heteroatoms. The van der Waals surface area contributed by atoms with Crippen LogP contribution in [0, 0.1) is 0 Å². The molecule has 3 rings (SSSR count). The van der Waals surface area contributed by atoms with Crippen LogP contribution in [0.3, 0.4) is 0 Å². The van der Waals surface area contributed by atoms with Crippen molar-refractivity contribution in [2.45, 2.75) is 63.7 Å². The number of halogens is 3. The molecule has 214 valence electrons. The number of carbonyl (C=O) groups is 1. The minimum atomic E-state index is -5.92.